The molecular weight excluding hydrogens is 560 g/mol. The zero-order valence-corrected chi connectivity index (χ0v) is 29.6. The Labute approximate surface area is 281 Å². The molecule has 2 aromatic carbocycles. The number of carbonyl (C=O) groups is 2. The molecule has 46 heavy (non-hydrogen) atoms. The molecule has 5 rings (SSSR count). The smallest absolute Gasteiger partial charge is 0.159 e. The van der Waals surface area contributed by atoms with Crippen LogP contribution in [0.2, 0.25) is 0 Å². The van der Waals surface area contributed by atoms with Gasteiger partial charge in [0.15, 0.2) is 11.6 Å². The summed E-state index contributed by atoms with van der Waals surface area (Å²) in [6.45, 7) is 4.56. The molecule has 0 aliphatic heterocycles. The lowest BCUT2D eigenvalue weighted by molar-refractivity contribution is -0.177. The Morgan fingerprint density at radius 1 is 0.457 bits per heavy atom. The molecule has 0 N–H and O–H groups in total. The van der Waals surface area contributed by atoms with Crippen LogP contribution in [-0.4, -0.2) is 11.6 Å². The van der Waals surface area contributed by atoms with Crippen molar-refractivity contribution in [3.63, 3.8) is 0 Å². The van der Waals surface area contributed by atoms with E-state index in [1.165, 1.54) is 125 Å². The zero-order valence-electron chi connectivity index (χ0n) is 29.6. The summed E-state index contributed by atoms with van der Waals surface area (Å²) in [5.41, 5.74) is 4.40. The van der Waals surface area contributed by atoms with E-state index in [-0.39, 0.29) is 0 Å². The fourth-order valence-corrected chi connectivity index (χ4v) is 9.34. The Hall–Kier alpha value is -2.22. The lowest BCUT2D eigenvalue weighted by Gasteiger charge is -2.57. The molecule has 3 aliphatic rings. The van der Waals surface area contributed by atoms with Crippen molar-refractivity contribution in [3.05, 3.63) is 70.8 Å². The van der Waals surface area contributed by atoms with Crippen LogP contribution in [-0.2, 0) is 22.4 Å². The summed E-state index contributed by atoms with van der Waals surface area (Å²) in [6, 6.07) is 18.6. The van der Waals surface area contributed by atoms with Crippen molar-refractivity contribution in [2.75, 3.05) is 0 Å². The standard InChI is InChI=1S/C44H64O2/c1-3-5-7-9-11-13-15-17-35-19-23-37(24-20-35)39-27-31-43(32-28-39)41(45)44(42(43)46)33-29-40(30-34-44)38-25-21-36(22-26-38)18-16-14-12-10-8-6-4-2/h19-26,39-40H,3-18,27-34H2,1-2H3. The van der Waals surface area contributed by atoms with Gasteiger partial charge in [-0.15, -0.1) is 0 Å². The molecule has 2 spiro atoms. The maximum atomic E-state index is 13.9. The van der Waals surface area contributed by atoms with Gasteiger partial charge in [-0.1, -0.05) is 139 Å². The number of hydrogen-bond donors (Lipinski definition) is 0. The van der Waals surface area contributed by atoms with E-state index in [0.29, 0.717) is 23.4 Å². The molecule has 0 heterocycles. The van der Waals surface area contributed by atoms with Crippen LogP contribution in [0.15, 0.2) is 48.5 Å². The Morgan fingerprint density at radius 3 is 1.09 bits per heavy atom. The number of ketones is 2. The second-order valence-electron chi connectivity index (χ2n) is 15.6. The van der Waals surface area contributed by atoms with Crippen LogP contribution in [0.5, 0.6) is 0 Å². The van der Waals surface area contributed by atoms with Gasteiger partial charge in [0, 0.05) is 0 Å². The summed E-state index contributed by atoms with van der Waals surface area (Å²) in [5.74, 6) is 1.61. The van der Waals surface area contributed by atoms with E-state index in [2.05, 4.69) is 62.4 Å². The van der Waals surface area contributed by atoms with E-state index in [4.69, 9.17) is 0 Å². The predicted octanol–water partition coefficient (Wildman–Crippen LogP) is 12.4. The van der Waals surface area contributed by atoms with Crippen LogP contribution in [0.3, 0.4) is 0 Å². The molecule has 0 atom stereocenters. The highest BCUT2D eigenvalue weighted by Crippen LogP contribution is 2.62. The normalized spacial score (nSPS) is 26.1. The van der Waals surface area contributed by atoms with E-state index in [1.54, 1.807) is 0 Å². The van der Waals surface area contributed by atoms with Crippen molar-refractivity contribution in [1.29, 1.82) is 0 Å². The minimum absolute atomic E-state index is 0.317. The number of unbranched alkanes of at least 4 members (excludes halogenated alkanes) is 12. The zero-order chi connectivity index (χ0) is 32.2. The summed E-state index contributed by atoms with van der Waals surface area (Å²) in [5, 5.41) is 0. The number of rotatable bonds is 18. The topological polar surface area (TPSA) is 34.1 Å². The maximum absolute atomic E-state index is 13.9. The largest absolute Gasteiger partial charge is 0.297 e. The minimum atomic E-state index is -0.655. The van der Waals surface area contributed by atoms with Gasteiger partial charge in [0.05, 0.1) is 10.8 Å². The molecule has 0 aromatic heterocycles. The molecular formula is C44H64O2. The quantitative estimate of drug-likeness (QED) is 0.122. The maximum Gasteiger partial charge on any atom is 0.159 e. The first-order chi connectivity index (χ1) is 22.5. The fraction of sp³-hybridized carbons (Fsp3) is 0.682. The van der Waals surface area contributed by atoms with E-state index in [1.807, 2.05) is 0 Å². The average molecular weight is 625 g/mol. The van der Waals surface area contributed by atoms with Gasteiger partial charge in [-0.05, 0) is 111 Å². The van der Waals surface area contributed by atoms with Gasteiger partial charge in [-0.3, -0.25) is 9.59 Å². The van der Waals surface area contributed by atoms with Gasteiger partial charge in [-0.25, -0.2) is 0 Å². The Bertz CT molecular complexity index is 1090. The first kappa shape index (κ1) is 35.1. The molecule has 0 unspecified atom stereocenters. The SMILES string of the molecule is CCCCCCCCCc1ccc(C2CCC3(CC2)C(=O)C2(CCC(c4ccc(CCCCCCCCC)cc4)CC2)C3=O)cc1. The van der Waals surface area contributed by atoms with Crippen LogP contribution in [0.4, 0.5) is 0 Å². The van der Waals surface area contributed by atoms with Gasteiger partial charge in [0.25, 0.3) is 0 Å². The lowest BCUT2D eigenvalue weighted by Crippen LogP contribution is -2.68. The van der Waals surface area contributed by atoms with Gasteiger partial charge >= 0.3 is 0 Å². The summed E-state index contributed by atoms with van der Waals surface area (Å²) in [7, 11) is 0. The molecule has 252 valence electrons. The lowest BCUT2D eigenvalue weighted by atomic mass is 9.42. The van der Waals surface area contributed by atoms with Gasteiger partial charge < -0.3 is 0 Å². The third kappa shape index (κ3) is 8.25. The van der Waals surface area contributed by atoms with Crippen molar-refractivity contribution in [3.8, 4) is 0 Å². The van der Waals surface area contributed by atoms with Crippen molar-refractivity contribution in [1.82, 2.24) is 0 Å². The minimum Gasteiger partial charge on any atom is -0.297 e. The Balaban J connectivity index is 1.03. The number of benzene rings is 2. The van der Waals surface area contributed by atoms with Gasteiger partial charge in [0.1, 0.15) is 0 Å². The van der Waals surface area contributed by atoms with E-state index in [0.717, 1.165) is 51.4 Å². The number of hydrogen-bond acceptors (Lipinski definition) is 2. The molecule has 0 bridgehead atoms. The van der Waals surface area contributed by atoms with Crippen molar-refractivity contribution in [2.24, 2.45) is 10.8 Å². The summed E-state index contributed by atoms with van der Waals surface area (Å²) >= 11 is 0. The van der Waals surface area contributed by atoms with Gasteiger partial charge in [-0.2, -0.15) is 0 Å². The molecule has 3 fully saturated rings. The Kier molecular flexibility index (Phi) is 13.2. The molecule has 0 saturated heterocycles. The molecule has 2 nitrogen and oxygen atoms in total. The highest BCUT2D eigenvalue weighted by molar-refractivity contribution is 6.30. The molecule has 2 aromatic rings. The van der Waals surface area contributed by atoms with Crippen molar-refractivity contribution in [2.45, 2.75) is 180 Å². The van der Waals surface area contributed by atoms with Crippen LogP contribution >= 0.6 is 0 Å². The highest BCUT2D eigenvalue weighted by atomic mass is 16.2. The van der Waals surface area contributed by atoms with Crippen LogP contribution in [0, 0.1) is 10.8 Å². The van der Waals surface area contributed by atoms with E-state index < -0.39 is 10.8 Å². The summed E-state index contributed by atoms with van der Waals surface area (Å²) < 4.78 is 0. The van der Waals surface area contributed by atoms with Gasteiger partial charge in [0.2, 0.25) is 0 Å². The number of aryl methyl sites for hydroxylation is 2. The van der Waals surface area contributed by atoms with Crippen LogP contribution in [0.1, 0.15) is 189 Å². The second kappa shape index (κ2) is 17.3. The summed E-state index contributed by atoms with van der Waals surface area (Å²) in [4.78, 5) is 27.8. The molecule has 3 aliphatic carbocycles. The molecule has 0 amide bonds. The third-order valence-corrected chi connectivity index (χ3v) is 12.5. The predicted molar refractivity (Wildman–Crippen MR) is 194 cm³/mol. The monoisotopic (exact) mass is 624 g/mol. The molecule has 3 saturated carbocycles. The van der Waals surface area contributed by atoms with Crippen LogP contribution < -0.4 is 0 Å². The first-order valence-electron chi connectivity index (χ1n) is 19.8. The second-order valence-corrected chi connectivity index (χ2v) is 15.6. The van der Waals surface area contributed by atoms with E-state index in [9.17, 15) is 9.59 Å². The first-order valence-corrected chi connectivity index (χ1v) is 19.8. The highest BCUT2D eigenvalue weighted by Gasteiger charge is 2.70. The fourth-order valence-electron chi connectivity index (χ4n) is 9.34. The van der Waals surface area contributed by atoms with Crippen molar-refractivity contribution < 1.29 is 9.59 Å². The molecule has 0 radical (unpaired) electrons. The average Bonchev–Trinajstić information content (AvgIpc) is 3.11. The number of Topliss-reactive ketones (excluding diaryl/α,β-unsaturated/α-hetero) is 2. The van der Waals surface area contributed by atoms with Crippen LogP contribution in [0.25, 0.3) is 0 Å². The number of carbonyl (C=O) groups excluding carboxylic acids is 2. The summed E-state index contributed by atoms with van der Waals surface area (Å²) in [6.07, 6.45) is 28.2. The molecule has 2 heteroatoms. The van der Waals surface area contributed by atoms with Crippen molar-refractivity contribution >= 4 is 11.6 Å². The Morgan fingerprint density at radius 2 is 0.761 bits per heavy atom. The van der Waals surface area contributed by atoms with E-state index >= 15 is 0 Å². The third-order valence-electron chi connectivity index (χ3n) is 12.5.